The van der Waals surface area contributed by atoms with Crippen LogP contribution >= 0.6 is 0 Å². The first-order valence-corrected chi connectivity index (χ1v) is 6.67. The van der Waals surface area contributed by atoms with Gasteiger partial charge in [0.1, 0.15) is 4.90 Å². The highest BCUT2D eigenvalue weighted by Gasteiger charge is 2.15. The van der Waals surface area contributed by atoms with Crippen LogP contribution in [0.4, 0.5) is 5.69 Å². The second-order valence-corrected chi connectivity index (χ2v) is 5.25. The van der Waals surface area contributed by atoms with Crippen LogP contribution < -0.4 is 16.2 Å². The molecular weight excluding hydrogens is 270 g/mol. The minimum atomic E-state index is -3.95. The van der Waals surface area contributed by atoms with E-state index in [0.717, 1.165) is 6.08 Å². The Bertz CT molecular complexity index is 650. The Morgan fingerprint density at radius 3 is 2.37 bits per heavy atom. The average Bonchev–Trinajstić information content (AvgIpc) is 2.27. The fraction of sp³-hybridized carbons (Fsp3) is 0.0909. The number of hydrogen-bond donors (Lipinski definition) is 3. The fourth-order valence-corrected chi connectivity index (χ4v) is 2.01. The van der Waals surface area contributed by atoms with Gasteiger partial charge in [-0.1, -0.05) is 12.1 Å². The summed E-state index contributed by atoms with van der Waals surface area (Å²) in [5, 5.41) is 7.37. The Morgan fingerprint density at radius 2 is 1.84 bits per heavy atom. The van der Waals surface area contributed by atoms with Gasteiger partial charge in [0.05, 0.1) is 5.69 Å². The molecule has 0 saturated carbocycles. The van der Waals surface area contributed by atoms with Crippen LogP contribution in [0.5, 0.6) is 0 Å². The van der Waals surface area contributed by atoms with E-state index in [0.29, 0.717) is 0 Å². The maximum Gasteiger partial charge on any atom is 0.251 e. The van der Waals surface area contributed by atoms with Crippen LogP contribution in [0.3, 0.4) is 0 Å². The molecule has 7 nitrogen and oxygen atoms in total. The standard InChI is InChI=1S/C11H13N3O4S/c1-7(6-10(12)15)11(16)14-8-4-2-3-5-9(8)19(13,17)18/h2-6H,1H3,(H2,12,15)(H,14,16)(H2,13,17,18)/b7-6+. The van der Waals surface area contributed by atoms with Crippen molar-refractivity contribution in [1.82, 2.24) is 0 Å². The Balaban J connectivity index is 3.08. The number of hydrogen-bond acceptors (Lipinski definition) is 4. The first-order chi connectivity index (χ1) is 8.71. The number of primary amides is 1. The van der Waals surface area contributed by atoms with Gasteiger partial charge in [-0.3, -0.25) is 9.59 Å². The Hall–Kier alpha value is -2.19. The summed E-state index contributed by atoms with van der Waals surface area (Å²) in [5.74, 6) is -1.41. The lowest BCUT2D eigenvalue weighted by molar-refractivity contribution is -0.115. The van der Waals surface area contributed by atoms with E-state index < -0.39 is 21.8 Å². The summed E-state index contributed by atoms with van der Waals surface area (Å²) in [5.41, 5.74) is 5.00. The number of carbonyl (C=O) groups is 2. The fourth-order valence-electron chi connectivity index (χ4n) is 1.32. The second-order valence-electron chi connectivity index (χ2n) is 3.73. The van der Waals surface area contributed by atoms with Gasteiger partial charge < -0.3 is 11.1 Å². The van der Waals surface area contributed by atoms with Crippen LogP contribution in [0.15, 0.2) is 40.8 Å². The Morgan fingerprint density at radius 1 is 1.26 bits per heavy atom. The third-order valence-electron chi connectivity index (χ3n) is 2.16. The monoisotopic (exact) mass is 283 g/mol. The highest BCUT2D eigenvalue weighted by Crippen LogP contribution is 2.19. The largest absolute Gasteiger partial charge is 0.366 e. The van der Waals surface area contributed by atoms with E-state index in [9.17, 15) is 18.0 Å². The van der Waals surface area contributed by atoms with E-state index in [4.69, 9.17) is 10.9 Å². The van der Waals surface area contributed by atoms with Crippen molar-refractivity contribution in [2.75, 3.05) is 5.32 Å². The van der Waals surface area contributed by atoms with Gasteiger partial charge in [-0.25, -0.2) is 13.6 Å². The molecule has 102 valence electrons. The number of benzene rings is 1. The summed E-state index contributed by atoms with van der Waals surface area (Å²) in [4.78, 5) is 22.1. The summed E-state index contributed by atoms with van der Waals surface area (Å²) < 4.78 is 22.6. The maximum absolute atomic E-state index is 11.7. The molecular formula is C11H13N3O4S. The summed E-state index contributed by atoms with van der Waals surface area (Å²) in [7, 11) is -3.95. The van der Waals surface area contributed by atoms with Gasteiger partial charge in [-0.2, -0.15) is 0 Å². The smallest absolute Gasteiger partial charge is 0.251 e. The molecule has 0 radical (unpaired) electrons. The number of anilines is 1. The highest BCUT2D eigenvalue weighted by molar-refractivity contribution is 7.89. The number of rotatable bonds is 4. The van der Waals surface area contributed by atoms with E-state index in [2.05, 4.69) is 5.32 Å². The maximum atomic E-state index is 11.7. The van der Waals surface area contributed by atoms with E-state index in [-0.39, 0.29) is 16.2 Å². The zero-order chi connectivity index (χ0) is 14.6. The molecule has 1 aromatic carbocycles. The van der Waals surface area contributed by atoms with Crippen molar-refractivity contribution >= 4 is 27.5 Å². The third-order valence-corrected chi connectivity index (χ3v) is 3.13. The van der Waals surface area contributed by atoms with Crippen molar-refractivity contribution in [2.24, 2.45) is 10.9 Å². The molecule has 0 aliphatic heterocycles. The van der Waals surface area contributed by atoms with Crippen LogP contribution in [0.2, 0.25) is 0 Å². The van der Waals surface area contributed by atoms with Gasteiger partial charge >= 0.3 is 0 Å². The van der Waals surface area contributed by atoms with Crippen LogP contribution in [0, 0.1) is 0 Å². The zero-order valence-corrected chi connectivity index (χ0v) is 10.9. The first kappa shape index (κ1) is 14.9. The van der Waals surface area contributed by atoms with Crippen molar-refractivity contribution < 1.29 is 18.0 Å². The predicted octanol–water partition coefficient (Wildman–Crippen LogP) is -0.296. The number of nitrogens with two attached hydrogens (primary N) is 2. The van der Waals surface area contributed by atoms with Crippen LogP contribution in [-0.4, -0.2) is 20.2 Å². The van der Waals surface area contributed by atoms with E-state index in [1.165, 1.54) is 31.2 Å². The zero-order valence-electron chi connectivity index (χ0n) is 10.1. The molecule has 8 heteroatoms. The molecule has 0 saturated heterocycles. The molecule has 0 aromatic heterocycles. The lowest BCUT2D eigenvalue weighted by Gasteiger charge is -2.09. The first-order valence-electron chi connectivity index (χ1n) is 5.12. The normalized spacial score (nSPS) is 12.0. The molecule has 0 aliphatic carbocycles. The van der Waals surface area contributed by atoms with E-state index in [1.54, 1.807) is 0 Å². The number of nitrogens with one attached hydrogen (secondary N) is 1. The molecule has 2 amide bonds. The molecule has 1 aromatic rings. The van der Waals surface area contributed by atoms with Gasteiger partial charge in [0.15, 0.2) is 0 Å². The van der Waals surface area contributed by atoms with Crippen molar-refractivity contribution in [3.8, 4) is 0 Å². The quantitative estimate of drug-likeness (QED) is 0.654. The van der Waals surface area contributed by atoms with Gasteiger partial charge in [0.25, 0.3) is 5.91 Å². The number of primary sulfonamides is 1. The lowest BCUT2D eigenvalue weighted by atomic mass is 10.2. The molecule has 19 heavy (non-hydrogen) atoms. The predicted molar refractivity (Wildman–Crippen MR) is 69.4 cm³/mol. The summed E-state index contributed by atoms with van der Waals surface area (Å²) in [6, 6.07) is 5.66. The summed E-state index contributed by atoms with van der Waals surface area (Å²) in [6.45, 7) is 1.37. The minimum Gasteiger partial charge on any atom is -0.366 e. The van der Waals surface area contributed by atoms with E-state index >= 15 is 0 Å². The molecule has 0 aliphatic rings. The summed E-state index contributed by atoms with van der Waals surface area (Å²) in [6.07, 6.45) is 0.939. The minimum absolute atomic E-state index is 0.0345. The van der Waals surface area contributed by atoms with Gasteiger partial charge in [-0.05, 0) is 19.1 Å². The van der Waals surface area contributed by atoms with Gasteiger partial charge in [0, 0.05) is 11.6 Å². The Labute approximate surface area is 110 Å². The molecule has 0 bridgehead atoms. The number of para-hydroxylation sites is 1. The van der Waals surface area contributed by atoms with Crippen LogP contribution in [-0.2, 0) is 19.6 Å². The number of amides is 2. The van der Waals surface area contributed by atoms with Crippen molar-refractivity contribution in [3.63, 3.8) is 0 Å². The van der Waals surface area contributed by atoms with Crippen LogP contribution in [0.1, 0.15) is 6.92 Å². The molecule has 0 spiro atoms. The molecule has 0 heterocycles. The highest BCUT2D eigenvalue weighted by atomic mass is 32.2. The molecule has 1 rings (SSSR count). The lowest BCUT2D eigenvalue weighted by Crippen LogP contribution is -2.19. The van der Waals surface area contributed by atoms with Crippen molar-refractivity contribution in [3.05, 3.63) is 35.9 Å². The number of carbonyl (C=O) groups excluding carboxylic acids is 2. The SMILES string of the molecule is C/C(=C\C(N)=O)C(=O)Nc1ccccc1S(N)(=O)=O. The third kappa shape index (κ3) is 4.19. The second kappa shape index (κ2) is 5.63. The molecule has 0 fully saturated rings. The van der Waals surface area contributed by atoms with Crippen molar-refractivity contribution in [1.29, 1.82) is 0 Å². The van der Waals surface area contributed by atoms with Crippen LogP contribution in [0.25, 0.3) is 0 Å². The van der Waals surface area contributed by atoms with Crippen molar-refractivity contribution in [2.45, 2.75) is 11.8 Å². The topological polar surface area (TPSA) is 132 Å². The average molecular weight is 283 g/mol. The molecule has 0 unspecified atom stereocenters. The Kier molecular flexibility index (Phi) is 4.41. The molecule has 5 N–H and O–H groups in total. The number of sulfonamides is 1. The summed E-state index contributed by atoms with van der Waals surface area (Å²) >= 11 is 0. The van der Waals surface area contributed by atoms with Gasteiger partial charge in [0.2, 0.25) is 15.9 Å². The molecule has 0 atom stereocenters. The van der Waals surface area contributed by atoms with E-state index in [1.807, 2.05) is 0 Å². The van der Waals surface area contributed by atoms with Gasteiger partial charge in [-0.15, -0.1) is 0 Å².